The normalized spacial score (nSPS) is 12.2. The number of pyridine rings is 1. The summed E-state index contributed by atoms with van der Waals surface area (Å²) in [7, 11) is 1.67. The van der Waals surface area contributed by atoms with Gasteiger partial charge in [-0.15, -0.1) is 11.8 Å². The molecule has 0 aliphatic carbocycles. The highest BCUT2D eigenvalue weighted by atomic mass is 32.2. The summed E-state index contributed by atoms with van der Waals surface area (Å²) in [6.45, 7) is 3.96. The molecule has 0 saturated heterocycles. The van der Waals surface area contributed by atoms with Gasteiger partial charge in [0.15, 0.2) is 0 Å². The Bertz CT molecular complexity index is 628. The van der Waals surface area contributed by atoms with Crippen LogP contribution in [0.25, 0.3) is 0 Å². The number of aryl methyl sites for hydroxylation is 1. The van der Waals surface area contributed by atoms with E-state index in [4.69, 9.17) is 4.74 Å². The van der Waals surface area contributed by atoms with Crippen molar-refractivity contribution >= 4 is 11.8 Å². The molecule has 0 aliphatic heterocycles. The molecule has 112 valence electrons. The highest BCUT2D eigenvalue weighted by Gasteiger charge is 2.16. The number of aliphatic hydroxyl groups is 1. The molecule has 21 heavy (non-hydrogen) atoms. The van der Waals surface area contributed by atoms with Crippen molar-refractivity contribution in [2.75, 3.05) is 13.4 Å². The van der Waals surface area contributed by atoms with Crippen molar-refractivity contribution in [3.8, 4) is 5.75 Å². The van der Waals surface area contributed by atoms with E-state index in [0.717, 1.165) is 33.0 Å². The van der Waals surface area contributed by atoms with E-state index in [1.807, 2.05) is 44.4 Å². The van der Waals surface area contributed by atoms with Gasteiger partial charge in [-0.1, -0.05) is 18.2 Å². The van der Waals surface area contributed by atoms with Gasteiger partial charge in [-0.2, -0.15) is 0 Å². The van der Waals surface area contributed by atoms with Crippen LogP contribution < -0.4 is 4.74 Å². The van der Waals surface area contributed by atoms with E-state index in [2.05, 4.69) is 4.98 Å². The van der Waals surface area contributed by atoms with Gasteiger partial charge in [-0.25, -0.2) is 0 Å². The van der Waals surface area contributed by atoms with Gasteiger partial charge in [0.1, 0.15) is 5.75 Å². The predicted octanol–water partition coefficient (Wildman–Crippen LogP) is 3.71. The molecule has 1 heterocycles. The molecule has 0 amide bonds. The summed E-state index contributed by atoms with van der Waals surface area (Å²) in [5.41, 5.74) is 3.84. The molecule has 2 rings (SSSR count). The summed E-state index contributed by atoms with van der Waals surface area (Å²) in [6.07, 6.45) is 3.74. The van der Waals surface area contributed by atoms with Crippen LogP contribution in [0.3, 0.4) is 0 Å². The quantitative estimate of drug-likeness (QED) is 0.855. The maximum atomic E-state index is 10.5. The molecular formula is C17H21NO2S. The van der Waals surface area contributed by atoms with Crippen molar-refractivity contribution in [2.45, 2.75) is 31.3 Å². The van der Waals surface area contributed by atoms with E-state index in [1.165, 1.54) is 0 Å². The Morgan fingerprint density at radius 3 is 2.67 bits per heavy atom. The number of aliphatic hydroxyl groups excluding tert-OH is 1. The van der Waals surface area contributed by atoms with Crippen LogP contribution in [0.1, 0.15) is 28.5 Å². The molecule has 0 bridgehead atoms. The minimum atomic E-state index is -0.563. The van der Waals surface area contributed by atoms with Crippen LogP contribution in [0.5, 0.6) is 5.75 Å². The van der Waals surface area contributed by atoms with E-state index in [9.17, 15) is 5.11 Å². The maximum absolute atomic E-state index is 10.5. The van der Waals surface area contributed by atoms with Gasteiger partial charge in [0.05, 0.1) is 13.2 Å². The average molecular weight is 303 g/mol. The van der Waals surface area contributed by atoms with Crippen molar-refractivity contribution in [3.63, 3.8) is 0 Å². The monoisotopic (exact) mass is 303 g/mol. The number of ether oxygens (including phenoxy) is 1. The van der Waals surface area contributed by atoms with E-state index in [-0.39, 0.29) is 0 Å². The zero-order chi connectivity index (χ0) is 15.4. The van der Waals surface area contributed by atoms with Gasteiger partial charge in [0.25, 0.3) is 0 Å². The maximum Gasteiger partial charge on any atom is 0.128 e. The summed E-state index contributed by atoms with van der Waals surface area (Å²) < 4.78 is 5.42. The zero-order valence-electron chi connectivity index (χ0n) is 12.9. The molecule has 1 unspecified atom stereocenters. The van der Waals surface area contributed by atoms with Crippen LogP contribution in [0.15, 0.2) is 35.4 Å². The van der Waals surface area contributed by atoms with Crippen LogP contribution >= 0.6 is 11.8 Å². The topological polar surface area (TPSA) is 42.4 Å². The number of thioether (sulfide) groups is 1. The lowest BCUT2D eigenvalue weighted by Crippen LogP contribution is -2.07. The number of rotatable bonds is 5. The fraction of sp³-hybridized carbons (Fsp3) is 0.353. The second-order valence-electron chi connectivity index (χ2n) is 5.01. The largest absolute Gasteiger partial charge is 0.496 e. The third-order valence-electron chi connectivity index (χ3n) is 3.63. The predicted molar refractivity (Wildman–Crippen MR) is 87.1 cm³/mol. The van der Waals surface area contributed by atoms with Crippen molar-refractivity contribution in [3.05, 3.63) is 52.8 Å². The fourth-order valence-electron chi connectivity index (χ4n) is 2.51. The molecule has 0 saturated carbocycles. The molecule has 2 aromatic rings. The minimum absolute atomic E-state index is 0.486. The summed E-state index contributed by atoms with van der Waals surface area (Å²) in [4.78, 5) is 5.56. The molecule has 1 aromatic carbocycles. The van der Waals surface area contributed by atoms with Crippen molar-refractivity contribution < 1.29 is 9.84 Å². The first-order valence-electron chi connectivity index (χ1n) is 6.88. The van der Waals surface area contributed by atoms with Crippen molar-refractivity contribution in [2.24, 2.45) is 0 Å². The SMILES string of the molecule is COc1c(C)cnc(CC(O)c2ccccc2SC)c1C. The first-order valence-corrected chi connectivity index (χ1v) is 8.11. The standard InChI is InChI=1S/C17H21NO2S/c1-11-10-18-14(12(2)17(11)20-3)9-15(19)13-7-5-6-8-16(13)21-4/h5-8,10,15,19H,9H2,1-4H3. The Labute approximate surface area is 130 Å². The molecule has 1 N–H and O–H groups in total. The number of nitrogens with zero attached hydrogens (tertiary/aromatic N) is 1. The Hall–Kier alpha value is -1.52. The third kappa shape index (κ3) is 3.39. The van der Waals surface area contributed by atoms with Crippen molar-refractivity contribution in [1.29, 1.82) is 0 Å². The molecule has 1 atom stereocenters. The summed E-state index contributed by atoms with van der Waals surface area (Å²) in [6, 6.07) is 7.94. The summed E-state index contributed by atoms with van der Waals surface area (Å²) in [5.74, 6) is 0.852. The van der Waals surface area contributed by atoms with E-state index < -0.39 is 6.10 Å². The lowest BCUT2D eigenvalue weighted by molar-refractivity contribution is 0.174. The second-order valence-corrected chi connectivity index (χ2v) is 5.86. The van der Waals surface area contributed by atoms with E-state index in [0.29, 0.717) is 6.42 Å². The smallest absolute Gasteiger partial charge is 0.128 e. The third-order valence-corrected chi connectivity index (χ3v) is 4.45. The minimum Gasteiger partial charge on any atom is -0.496 e. The number of benzene rings is 1. The first kappa shape index (κ1) is 15.9. The van der Waals surface area contributed by atoms with Crippen LogP contribution in [0, 0.1) is 13.8 Å². The molecule has 3 nitrogen and oxygen atoms in total. The number of hydrogen-bond donors (Lipinski definition) is 1. The molecule has 4 heteroatoms. The van der Waals surface area contributed by atoms with Crippen LogP contribution in [-0.4, -0.2) is 23.5 Å². The molecule has 0 spiro atoms. The van der Waals surface area contributed by atoms with Crippen LogP contribution in [0.2, 0.25) is 0 Å². The van der Waals surface area contributed by atoms with Crippen molar-refractivity contribution in [1.82, 2.24) is 4.98 Å². The number of aromatic nitrogens is 1. The van der Waals surface area contributed by atoms with Gasteiger partial charge in [0, 0.05) is 34.3 Å². The first-order chi connectivity index (χ1) is 10.1. The van der Waals surface area contributed by atoms with Gasteiger partial charge >= 0.3 is 0 Å². The Kier molecular flexibility index (Phi) is 5.26. The fourth-order valence-corrected chi connectivity index (χ4v) is 3.17. The van der Waals surface area contributed by atoms with Gasteiger partial charge in [-0.05, 0) is 31.7 Å². The lowest BCUT2D eigenvalue weighted by atomic mass is 10.0. The molecule has 0 fully saturated rings. The highest BCUT2D eigenvalue weighted by Crippen LogP contribution is 2.30. The summed E-state index contributed by atoms with van der Waals surface area (Å²) in [5, 5.41) is 10.5. The van der Waals surface area contributed by atoms with Crippen LogP contribution in [0.4, 0.5) is 0 Å². The van der Waals surface area contributed by atoms with Gasteiger partial charge in [-0.3, -0.25) is 4.98 Å². The summed E-state index contributed by atoms with van der Waals surface area (Å²) >= 11 is 1.64. The Morgan fingerprint density at radius 1 is 1.29 bits per heavy atom. The lowest BCUT2D eigenvalue weighted by Gasteiger charge is -2.17. The molecule has 0 aliphatic rings. The highest BCUT2D eigenvalue weighted by molar-refractivity contribution is 7.98. The van der Waals surface area contributed by atoms with E-state index >= 15 is 0 Å². The Balaban J connectivity index is 2.30. The Morgan fingerprint density at radius 2 is 2.00 bits per heavy atom. The molecular weight excluding hydrogens is 282 g/mol. The second kappa shape index (κ2) is 6.96. The van der Waals surface area contributed by atoms with Gasteiger partial charge in [0.2, 0.25) is 0 Å². The number of methoxy groups -OCH3 is 1. The number of hydrogen-bond acceptors (Lipinski definition) is 4. The average Bonchev–Trinajstić information content (AvgIpc) is 2.50. The van der Waals surface area contributed by atoms with E-state index in [1.54, 1.807) is 25.1 Å². The molecule has 1 aromatic heterocycles. The molecule has 0 radical (unpaired) electrons. The van der Waals surface area contributed by atoms with Gasteiger partial charge < -0.3 is 9.84 Å². The zero-order valence-corrected chi connectivity index (χ0v) is 13.7. The van der Waals surface area contributed by atoms with Crippen LogP contribution in [-0.2, 0) is 6.42 Å².